The quantitative estimate of drug-likeness (QED) is 0.699. The molecule has 0 aromatic heterocycles. The van der Waals surface area contributed by atoms with Crippen LogP contribution in [0.2, 0.25) is 24.2 Å². The Labute approximate surface area is 115 Å². The Morgan fingerprint density at radius 3 is 1.89 bits per heavy atom. The summed E-state index contributed by atoms with van der Waals surface area (Å²) in [4.78, 5) is 0. The molecule has 0 aromatic rings. The molecule has 2 N–H and O–H groups in total. The lowest BCUT2D eigenvalue weighted by Gasteiger charge is -2.39. The first-order valence-electron chi connectivity index (χ1n) is 6.58. The van der Waals surface area contributed by atoms with Crippen molar-refractivity contribution in [3.05, 3.63) is 0 Å². The van der Waals surface area contributed by atoms with Crippen LogP contribution in [-0.4, -0.2) is 43.9 Å². The molecule has 18 heavy (non-hydrogen) atoms. The van der Waals surface area contributed by atoms with Crippen LogP contribution in [0.25, 0.3) is 0 Å². The molecule has 0 spiro atoms. The van der Waals surface area contributed by atoms with Crippen molar-refractivity contribution in [1.29, 1.82) is 0 Å². The molecule has 0 atom stereocenters. The summed E-state index contributed by atoms with van der Waals surface area (Å²) in [7, 11) is -0.607. The summed E-state index contributed by atoms with van der Waals surface area (Å²) in [6.07, 6.45) is 1.65. The summed E-state index contributed by atoms with van der Waals surface area (Å²) in [5.74, 6) is 0. The van der Waals surface area contributed by atoms with Gasteiger partial charge in [0.15, 0.2) is 0 Å². The Morgan fingerprint density at radius 2 is 1.56 bits per heavy atom. The number of hydrogen-bond donors (Lipinski definition) is 1. The van der Waals surface area contributed by atoms with Gasteiger partial charge in [0.2, 0.25) is 0 Å². The highest BCUT2D eigenvalue weighted by atomic mass is 28.4. The third-order valence-corrected chi connectivity index (χ3v) is 12.0. The van der Waals surface area contributed by atoms with Crippen LogP contribution in [0.1, 0.15) is 27.2 Å². The first-order chi connectivity index (χ1) is 8.14. The third-order valence-electron chi connectivity index (χ3n) is 3.99. The van der Waals surface area contributed by atoms with E-state index < -0.39 is 16.9 Å². The Balaban J connectivity index is 4.61. The molecule has 0 aliphatic carbocycles. The Morgan fingerprint density at radius 1 is 1.06 bits per heavy atom. The van der Waals surface area contributed by atoms with Gasteiger partial charge in [0, 0.05) is 26.5 Å². The molecule has 0 aliphatic rings. The monoisotopic (exact) mass is 293 g/mol. The minimum absolute atomic E-state index is 0.308. The molecule has 0 aromatic carbocycles. The lowest BCUT2D eigenvalue weighted by molar-refractivity contribution is 0.113. The fourth-order valence-corrected chi connectivity index (χ4v) is 5.65. The summed E-state index contributed by atoms with van der Waals surface area (Å²) in [5.41, 5.74) is 5.56. The zero-order valence-electron chi connectivity index (χ0n) is 13.1. The topological polar surface area (TPSA) is 53.7 Å². The fourth-order valence-electron chi connectivity index (χ4n) is 1.30. The molecule has 0 saturated heterocycles. The maximum Gasteiger partial charge on any atom is 0.500 e. The molecule has 0 radical (unpaired) electrons. The van der Waals surface area contributed by atoms with Crippen LogP contribution in [0.3, 0.4) is 0 Å². The van der Waals surface area contributed by atoms with Gasteiger partial charge in [-0.25, -0.2) is 0 Å². The minimum atomic E-state index is -2.50. The molecule has 110 valence electrons. The van der Waals surface area contributed by atoms with Crippen LogP contribution in [0.15, 0.2) is 0 Å². The molecule has 0 rings (SSSR count). The van der Waals surface area contributed by atoms with E-state index >= 15 is 0 Å². The summed E-state index contributed by atoms with van der Waals surface area (Å²) < 4.78 is 17.2. The average Bonchev–Trinajstić information content (AvgIpc) is 2.29. The van der Waals surface area contributed by atoms with E-state index in [2.05, 4.69) is 33.9 Å². The summed E-state index contributed by atoms with van der Waals surface area (Å²) >= 11 is 0. The van der Waals surface area contributed by atoms with Gasteiger partial charge in [-0.2, -0.15) is 0 Å². The van der Waals surface area contributed by atoms with Gasteiger partial charge in [-0.1, -0.05) is 33.9 Å². The Hall–Kier alpha value is 0.274. The van der Waals surface area contributed by atoms with E-state index in [1.807, 2.05) is 0 Å². The van der Waals surface area contributed by atoms with Gasteiger partial charge in [0.25, 0.3) is 0 Å². The number of nitrogens with two attached hydrogens (primary N) is 1. The van der Waals surface area contributed by atoms with Crippen molar-refractivity contribution >= 4 is 16.9 Å². The molecule has 4 nitrogen and oxygen atoms in total. The van der Waals surface area contributed by atoms with E-state index in [9.17, 15) is 0 Å². The minimum Gasteiger partial charge on any atom is -0.377 e. The predicted molar refractivity (Wildman–Crippen MR) is 81.4 cm³/mol. The van der Waals surface area contributed by atoms with E-state index in [-0.39, 0.29) is 0 Å². The van der Waals surface area contributed by atoms with Crippen molar-refractivity contribution < 1.29 is 13.3 Å². The molecule has 0 bridgehead atoms. The Kier molecular flexibility index (Phi) is 7.27. The second kappa shape index (κ2) is 7.16. The van der Waals surface area contributed by atoms with Crippen molar-refractivity contribution in [2.24, 2.45) is 5.73 Å². The highest BCUT2D eigenvalue weighted by Gasteiger charge is 2.43. The van der Waals surface area contributed by atoms with E-state index in [0.717, 1.165) is 18.7 Å². The zero-order valence-corrected chi connectivity index (χ0v) is 15.1. The lowest BCUT2D eigenvalue weighted by Crippen LogP contribution is -2.51. The molecule has 0 fully saturated rings. The van der Waals surface area contributed by atoms with Crippen LogP contribution in [0.4, 0.5) is 0 Å². The normalized spacial score (nSPS) is 14.0. The van der Waals surface area contributed by atoms with Crippen molar-refractivity contribution in [1.82, 2.24) is 0 Å². The zero-order chi connectivity index (χ0) is 14.4. The Bertz CT molecular complexity index is 238. The summed E-state index contributed by atoms with van der Waals surface area (Å²) in [6.45, 7) is 12.2. The van der Waals surface area contributed by atoms with Crippen LogP contribution < -0.4 is 5.73 Å². The second-order valence-electron chi connectivity index (χ2n) is 6.41. The maximum absolute atomic E-state index is 6.12. The van der Waals surface area contributed by atoms with Crippen molar-refractivity contribution in [3.8, 4) is 0 Å². The second-order valence-corrected chi connectivity index (χ2v) is 14.9. The molecule has 0 unspecified atom stereocenters. The van der Waals surface area contributed by atoms with Crippen molar-refractivity contribution in [2.75, 3.05) is 27.0 Å². The van der Waals surface area contributed by atoms with E-state index in [1.165, 1.54) is 0 Å². The molecular formula is C12H31NO3Si2. The third kappa shape index (κ3) is 5.10. The van der Waals surface area contributed by atoms with Gasteiger partial charge < -0.3 is 19.0 Å². The molecule has 0 amide bonds. The molecular weight excluding hydrogens is 262 g/mol. The van der Waals surface area contributed by atoms with Gasteiger partial charge in [0.1, 0.15) is 0 Å². The molecule has 6 heteroatoms. The lowest BCUT2D eigenvalue weighted by atomic mass is 10.2. The van der Waals surface area contributed by atoms with Gasteiger partial charge in [-0.05, 0) is 18.0 Å². The number of hydrogen-bond acceptors (Lipinski definition) is 4. The predicted octanol–water partition coefficient (Wildman–Crippen LogP) is 2.63. The average molecular weight is 294 g/mol. The van der Waals surface area contributed by atoms with Crippen LogP contribution in [-0.2, 0) is 13.3 Å². The van der Waals surface area contributed by atoms with Crippen LogP contribution in [0.5, 0.6) is 0 Å². The first kappa shape index (κ1) is 18.3. The van der Waals surface area contributed by atoms with Gasteiger partial charge in [0.05, 0.1) is 8.07 Å². The maximum atomic E-state index is 6.12. The largest absolute Gasteiger partial charge is 0.500 e. The van der Waals surface area contributed by atoms with Crippen LogP contribution >= 0.6 is 0 Å². The van der Waals surface area contributed by atoms with E-state index in [0.29, 0.717) is 11.6 Å². The highest BCUT2D eigenvalue weighted by molar-refractivity contribution is 6.80. The van der Waals surface area contributed by atoms with Crippen molar-refractivity contribution in [3.63, 3.8) is 0 Å². The standard InChI is InChI=1S/C12H31NO3Si2/c1-12(2,3)17(6,7)11-16-18(14-4,15-5)10-8-9-13/h8-11,13H2,1-7H3. The van der Waals surface area contributed by atoms with Crippen LogP contribution in [0, 0.1) is 0 Å². The smallest absolute Gasteiger partial charge is 0.377 e. The first-order valence-corrected chi connectivity index (χ1v) is 11.7. The SMILES string of the molecule is CO[Si](CCCN)(OC)OC[Si](C)(C)C(C)(C)C. The molecule has 0 aliphatic heterocycles. The highest BCUT2D eigenvalue weighted by Crippen LogP contribution is 2.36. The summed E-state index contributed by atoms with van der Waals surface area (Å²) in [6, 6.07) is 0.797. The number of rotatable bonds is 8. The van der Waals surface area contributed by atoms with E-state index in [4.69, 9.17) is 19.0 Å². The van der Waals surface area contributed by atoms with Gasteiger partial charge >= 0.3 is 8.80 Å². The van der Waals surface area contributed by atoms with Gasteiger partial charge in [-0.15, -0.1) is 0 Å². The van der Waals surface area contributed by atoms with Gasteiger partial charge in [-0.3, -0.25) is 0 Å². The molecule has 0 heterocycles. The van der Waals surface area contributed by atoms with E-state index in [1.54, 1.807) is 14.2 Å². The van der Waals surface area contributed by atoms with Crippen molar-refractivity contribution in [2.45, 2.75) is 51.4 Å². The fraction of sp³-hybridized carbons (Fsp3) is 1.00. The summed E-state index contributed by atoms with van der Waals surface area (Å²) in [5, 5.41) is 0.308. The molecule has 0 saturated carbocycles.